The van der Waals surface area contributed by atoms with Gasteiger partial charge in [0, 0.05) is 22.3 Å². The zero-order valence-electron chi connectivity index (χ0n) is 10.2. The van der Waals surface area contributed by atoms with Gasteiger partial charge in [-0.05, 0) is 36.4 Å². The maximum absolute atomic E-state index is 12.8. The van der Waals surface area contributed by atoms with Crippen LogP contribution in [0.3, 0.4) is 0 Å². The van der Waals surface area contributed by atoms with Gasteiger partial charge in [0.25, 0.3) is 0 Å². The van der Waals surface area contributed by atoms with E-state index in [0.29, 0.717) is 10.7 Å². The van der Waals surface area contributed by atoms with Crippen LogP contribution in [0.25, 0.3) is 16.6 Å². The molecule has 20 heavy (non-hydrogen) atoms. The lowest BCUT2D eigenvalue weighted by atomic mass is 10.2. The zero-order chi connectivity index (χ0) is 14.3. The van der Waals surface area contributed by atoms with E-state index in [1.54, 1.807) is 29.0 Å². The number of nitrogens with zero attached hydrogens (tertiary/aromatic N) is 1. The Labute approximate surface area is 118 Å². The van der Waals surface area contributed by atoms with Gasteiger partial charge in [-0.1, -0.05) is 23.7 Å². The molecule has 1 heterocycles. The second kappa shape index (κ2) is 4.56. The van der Waals surface area contributed by atoms with Crippen molar-refractivity contribution in [2.24, 2.45) is 0 Å². The minimum Gasteiger partial charge on any atom is -0.316 e. The summed E-state index contributed by atoms with van der Waals surface area (Å²) < 4.78 is 40.0. The number of halogens is 4. The molecule has 3 rings (SSSR count). The van der Waals surface area contributed by atoms with E-state index in [-0.39, 0.29) is 0 Å². The number of alkyl halides is 3. The first-order chi connectivity index (χ1) is 9.45. The highest BCUT2D eigenvalue weighted by Crippen LogP contribution is 2.31. The Balaban J connectivity index is 2.18. The number of aromatic nitrogens is 1. The summed E-state index contributed by atoms with van der Waals surface area (Å²) in [6.45, 7) is 0. The van der Waals surface area contributed by atoms with Crippen molar-refractivity contribution in [2.75, 3.05) is 0 Å². The quantitative estimate of drug-likeness (QED) is 0.574. The predicted molar refractivity (Wildman–Crippen MR) is 73.3 cm³/mol. The van der Waals surface area contributed by atoms with Crippen molar-refractivity contribution >= 4 is 22.5 Å². The van der Waals surface area contributed by atoms with Gasteiger partial charge in [-0.3, -0.25) is 0 Å². The molecule has 0 aliphatic rings. The topological polar surface area (TPSA) is 4.93 Å². The lowest BCUT2D eigenvalue weighted by Gasteiger charge is -2.10. The zero-order valence-corrected chi connectivity index (χ0v) is 10.9. The summed E-state index contributed by atoms with van der Waals surface area (Å²) in [5.41, 5.74) is 0.563. The number of rotatable bonds is 1. The van der Waals surface area contributed by atoms with Gasteiger partial charge in [0.1, 0.15) is 0 Å². The highest BCUT2D eigenvalue weighted by Gasteiger charge is 2.30. The van der Waals surface area contributed by atoms with E-state index in [1.807, 2.05) is 12.1 Å². The summed E-state index contributed by atoms with van der Waals surface area (Å²) in [5, 5.41) is 1.47. The Bertz CT molecular complexity index is 774. The first-order valence-electron chi connectivity index (χ1n) is 5.89. The number of hydrogen-bond donors (Lipinski definition) is 0. The Morgan fingerprint density at radius 3 is 2.50 bits per heavy atom. The van der Waals surface area contributed by atoms with Crippen molar-refractivity contribution in [3.63, 3.8) is 0 Å². The summed E-state index contributed by atoms with van der Waals surface area (Å²) >= 11 is 5.95. The lowest BCUT2D eigenvalue weighted by molar-refractivity contribution is -0.137. The van der Waals surface area contributed by atoms with Gasteiger partial charge < -0.3 is 4.57 Å². The molecule has 0 fully saturated rings. The fourth-order valence-electron chi connectivity index (χ4n) is 2.16. The molecule has 0 radical (unpaired) electrons. The highest BCUT2D eigenvalue weighted by molar-refractivity contribution is 6.31. The molecule has 0 aliphatic heterocycles. The smallest absolute Gasteiger partial charge is 0.316 e. The third-order valence-corrected chi connectivity index (χ3v) is 3.34. The molecule has 2 aromatic carbocycles. The Morgan fingerprint density at radius 1 is 0.950 bits per heavy atom. The number of hydrogen-bond acceptors (Lipinski definition) is 0. The second-order valence-electron chi connectivity index (χ2n) is 4.44. The van der Waals surface area contributed by atoms with Crippen LogP contribution in [0.2, 0.25) is 5.02 Å². The van der Waals surface area contributed by atoms with Gasteiger partial charge in [0.2, 0.25) is 0 Å². The lowest BCUT2D eigenvalue weighted by Crippen LogP contribution is -2.05. The van der Waals surface area contributed by atoms with Crippen LogP contribution in [-0.2, 0) is 6.18 Å². The summed E-state index contributed by atoms with van der Waals surface area (Å²) in [6.07, 6.45) is -2.62. The van der Waals surface area contributed by atoms with Crippen molar-refractivity contribution in [1.29, 1.82) is 0 Å². The Hall–Kier alpha value is -1.94. The van der Waals surface area contributed by atoms with E-state index in [2.05, 4.69) is 0 Å². The van der Waals surface area contributed by atoms with Crippen LogP contribution in [0.5, 0.6) is 0 Å². The van der Waals surface area contributed by atoms with Crippen LogP contribution in [-0.4, -0.2) is 4.57 Å². The van der Waals surface area contributed by atoms with Crippen molar-refractivity contribution < 1.29 is 13.2 Å². The van der Waals surface area contributed by atoms with Crippen LogP contribution < -0.4 is 0 Å². The van der Waals surface area contributed by atoms with Crippen molar-refractivity contribution in [1.82, 2.24) is 4.57 Å². The molecule has 1 aromatic heterocycles. The molecule has 0 unspecified atom stereocenters. The van der Waals surface area contributed by atoms with E-state index in [9.17, 15) is 13.2 Å². The minimum absolute atomic E-state index is 0.456. The Morgan fingerprint density at radius 2 is 1.75 bits per heavy atom. The third-order valence-electron chi connectivity index (χ3n) is 3.11. The monoisotopic (exact) mass is 295 g/mol. The van der Waals surface area contributed by atoms with Gasteiger partial charge in [0.05, 0.1) is 11.1 Å². The van der Waals surface area contributed by atoms with Crippen molar-refractivity contribution in [3.05, 3.63) is 65.3 Å². The maximum Gasteiger partial charge on any atom is 0.416 e. The fraction of sp³-hybridized carbons (Fsp3) is 0.0667. The second-order valence-corrected chi connectivity index (χ2v) is 4.87. The third kappa shape index (κ3) is 2.27. The molecule has 102 valence electrons. The highest BCUT2D eigenvalue weighted by atomic mass is 35.5. The first-order valence-corrected chi connectivity index (χ1v) is 6.27. The summed E-state index contributed by atoms with van der Waals surface area (Å²) in [4.78, 5) is 0. The standard InChI is InChI=1S/C15H9ClF3N/c16-12-5-4-10-6-7-20(14(10)9-12)13-3-1-2-11(8-13)15(17,18)19/h1-9H. The largest absolute Gasteiger partial charge is 0.416 e. The van der Waals surface area contributed by atoms with E-state index < -0.39 is 11.7 Å². The fourth-order valence-corrected chi connectivity index (χ4v) is 2.33. The van der Waals surface area contributed by atoms with Crippen LogP contribution in [0.1, 0.15) is 5.56 Å². The molecule has 0 amide bonds. The molecule has 0 N–H and O–H groups in total. The van der Waals surface area contributed by atoms with Gasteiger partial charge in [-0.2, -0.15) is 13.2 Å². The maximum atomic E-state index is 12.8. The van der Waals surface area contributed by atoms with E-state index >= 15 is 0 Å². The molecule has 0 atom stereocenters. The van der Waals surface area contributed by atoms with Crippen LogP contribution >= 0.6 is 11.6 Å². The van der Waals surface area contributed by atoms with Crippen LogP contribution in [0.15, 0.2) is 54.7 Å². The minimum atomic E-state index is -4.35. The van der Waals surface area contributed by atoms with Crippen LogP contribution in [0, 0.1) is 0 Å². The van der Waals surface area contributed by atoms with Gasteiger partial charge in [-0.15, -0.1) is 0 Å². The molecular weight excluding hydrogens is 287 g/mol. The number of fused-ring (bicyclic) bond motifs is 1. The van der Waals surface area contributed by atoms with Crippen molar-refractivity contribution in [3.8, 4) is 5.69 Å². The molecule has 0 saturated carbocycles. The molecule has 0 spiro atoms. The molecule has 0 bridgehead atoms. The molecule has 5 heteroatoms. The van der Waals surface area contributed by atoms with Gasteiger partial charge in [0.15, 0.2) is 0 Å². The van der Waals surface area contributed by atoms with Crippen LogP contribution in [0.4, 0.5) is 13.2 Å². The van der Waals surface area contributed by atoms with Gasteiger partial charge >= 0.3 is 6.18 Å². The molecular formula is C15H9ClF3N. The normalized spacial score (nSPS) is 12.0. The number of benzene rings is 2. The first kappa shape index (κ1) is 13.1. The van der Waals surface area contributed by atoms with Gasteiger partial charge in [-0.25, -0.2) is 0 Å². The van der Waals surface area contributed by atoms with E-state index in [1.165, 1.54) is 6.07 Å². The van der Waals surface area contributed by atoms with E-state index in [0.717, 1.165) is 23.0 Å². The SMILES string of the molecule is FC(F)(F)c1cccc(-n2ccc3ccc(Cl)cc32)c1. The average molecular weight is 296 g/mol. The van der Waals surface area contributed by atoms with E-state index in [4.69, 9.17) is 11.6 Å². The predicted octanol–water partition coefficient (Wildman–Crippen LogP) is 5.30. The summed E-state index contributed by atoms with van der Waals surface area (Å²) in [6, 6.07) is 12.4. The Kier molecular flexibility index (Phi) is 2.98. The average Bonchev–Trinajstić information content (AvgIpc) is 2.81. The molecule has 3 aromatic rings. The van der Waals surface area contributed by atoms with Crippen molar-refractivity contribution in [2.45, 2.75) is 6.18 Å². The summed E-state index contributed by atoms with van der Waals surface area (Å²) in [7, 11) is 0. The summed E-state index contributed by atoms with van der Waals surface area (Å²) in [5.74, 6) is 0. The molecule has 0 saturated heterocycles. The molecule has 0 aliphatic carbocycles. The molecule has 1 nitrogen and oxygen atoms in total.